The summed E-state index contributed by atoms with van der Waals surface area (Å²) in [6.07, 6.45) is -0.879. The van der Waals surface area contributed by atoms with Crippen molar-refractivity contribution >= 4 is 5.91 Å². The molecule has 1 atom stereocenters. The van der Waals surface area contributed by atoms with Crippen LogP contribution in [0, 0.1) is 11.3 Å². The highest BCUT2D eigenvalue weighted by Gasteiger charge is 2.41. The van der Waals surface area contributed by atoms with Crippen LogP contribution in [0.3, 0.4) is 0 Å². The number of rotatable bonds is 4. The molecule has 0 aromatic carbocycles. The van der Waals surface area contributed by atoms with E-state index in [1.54, 1.807) is 0 Å². The lowest BCUT2D eigenvalue weighted by Gasteiger charge is -2.40. The van der Waals surface area contributed by atoms with Crippen molar-refractivity contribution in [2.45, 2.75) is 45.7 Å². The molecule has 1 saturated carbocycles. The molecule has 0 heterocycles. The van der Waals surface area contributed by atoms with Crippen LogP contribution >= 0.6 is 0 Å². The average molecular weight is 280 g/mol. The van der Waals surface area contributed by atoms with Gasteiger partial charge in [-0.2, -0.15) is 13.2 Å². The molecule has 1 fully saturated rings. The van der Waals surface area contributed by atoms with Gasteiger partial charge in [-0.05, 0) is 18.3 Å². The monoisotopic (exact) mass is 280 g/mol. The maximum absolute atomic E-state index is 12.5. The van der Waals surface area contributed by atoms with Crippen LogP contribution in [-0.2, 0) is 4.79 Å². The van der Waals surface area contributed by atoms with Gasteiger partial charge >= 0.3 is 6.18 Å². The summed E-state index contributed by atoms with van der Waals surface area (Å²) in [7, 11) is 0. The lowest BCUT2D eigenvalue weighted by atomic mass is 9.68. The molecule has 1 aliphatic carbocycles. The van der Waals surface area contributed by atoms with Crippen molar-refractivity contribution < 1.29 is 18.0 Å². The minimum atomic E-state index is -4.37. The van der Waals surface area contributed by atoms with E-state index in [0.717, 1.165) is 24.2 Å². The molecule has 0 spiro atoms. The Morgan fingerprint density at radius 2 is 2.00 bits per heavy atom. The third-order valence-corrected chi connectivity index (χ3v) is 3.89. The van der Waals surface area contributed by atoms with Crippen LogP contribution in [0.4, 0.5) is 13.2 Å². The van der Waals surface area contributed by atoms with Crippen LogP contribution in [-0.4, -0.2) is 36.6 Å². The summed E-state index contributed by atoms with van der Waals surface area (Å²) in [5.74, 6) is -0.720. The summed E-state index contributed by atoms with van der Waals surface area (Å²) in [6, 6.07) is 0. The van der Waals surface area contributed by atoms with Crippen LogP contribution in [0.2, 0.25) is 0 Å². The van der Waals surface area contributed by atoms with Gasteiger partial charge in [0.1, 0.15) is 6.54 Å². The Hall–Kier alpha value is -0.780. The molecule has 0 bridgehead atoms. The summed E-state index contributed by atoms with van der Waals surface area (Å²) in [5, 5.41) is 0. The number of carbonyl (C=O) groups is 1. The number of alkyl halides is 3. The number of amides is 1. The zero-order valence-corrected chi connectivity index (χ0v) is 11.6. The van der Waals surface area contributed by atoms with Gasteiger partial charge in [-0.1, -0.05) is 26.7 Å². The summed E-state index contributed by atoms with van der Waals surface area (Å²) in [4.78, 5) is 13.2. The van der Waals surface area contributed by atoms with Crippen molar-refractivity contribution in [2.75, 3.05) is 19.6 Å². The highest BCUT2D eigenvalue weighted by molar-refractivity contribution is 5.79. The summed E-state index contributed by atoms with van der Waals surface area (Å²) >= 11 is 0. The van der Waals surface area contributed by atoms with Crippen molar-refractivity contribution in [3.63, 3.8) is 0 Å². The van der Waals surface area contributed by atoms with E-state index >= 15 is 0 Å². The van der Waals surface area contributed by atoms with Gasteiger partial charge in [0.25, 0.3) is 0 Å². The molecular weight excluding hydrogens is 257 g/mol. The Morgan fingerprint density at radius 1 is 1.37 bits per heavy atom. The fourth-order valence-corrected chi connectivity index (χ4v) is 2.81. The van der Waals surface area contributed by atoms with E-state index in [0.29, 0.717) is 6.42 Å². The minimum absolute atomic E-state index is 0.0368. The van der Waals surface area contributed by atoms with Crippen LogP contribution in [0.15, 0.2) is 0 Å². The predicted molar refractivity (Wildman–Crippen MR) is 67.4 cm³/mol. The number of nitrogens with zero attached hydrogens (tertiary/aromatic N) is 1. The third-order valence-electron chi connectivity index (χ3n) is 3.89. The standard InChI is InChI=1S/C13H23F3N2O/c1-12(2)6-4-3-5-10(12)11(19)18(8-7-17)9-13(14,15)16/h10H,3-9,17H2,1-2H3. The lowest BCUT2D eigenvalue weighted by Crippen LogP contribution is -2.48. The summed E-state index contributed by atoms with van der Waals surface area (Å²) < 4.78 is 37.5. The van der Waals surface area contributed by atoms with Gasteiger partial charge in [0.2, 0.25) is 5.91 Å². The van der Waals surface area contributed by atoms with Gasteiger partial charge in [-0.25, -0.2) is 0 Å². The molecule has 1 amide bonds. The number of halogens is 3. The molecule has 6 heteroatoms. The van der Waals surface area contributed by atoms with Gasteiger partial charge in [0.05, 0.1) is 0 Å². The molecule has 0 aromatic rings. The maximum Gasteiger partial charge on any atom is 0.406 e. The Bertz CT molecular complexity index is 316. The predicted octanol–water partition coefficient (Wildman–Crippen LogP) is 2.55. The number of carbonyl (C=O) groups excluding carboxylic acids is 1. The molecule has 0 saturated heterocycles. The van der Waals surface area contributed by atoms with Gasteiger partial charge in [-0.3, -0.25) is 4.79 Å². The molecule has 0 aromatic heterocycles. The summed E-state index contributed by atoms with van der Waals surface area (Å²) in [5.41, 5.74) is 5.09. The number of hydrogen-bond acceptors (Lipinski definition) is 2. The van der Waals surface area contributed by atoms with Crippen molar-refractivity contribution in [3.05, 3.63) is 0 Å². The summed E-state index contributed by atoms with van der Waals surface area (Å²) in [6.45, 7) is 2.74. The molecule has 2 N–H and O–H groups in total. The van der Waals surface area contributed by atoms with Crippen molar-refractivity contribution in [1.82, 2.24) is 4.90 Å². The zero-order chi connectivity index (χ0) is 14.7. The van der Waals surface area contributed by atoms with Gasteiger partial charge < -0.3 is 10.6 Å². The second-order valence-electron chi connectivity index (χ2n) is 5.95. The SMILES string of the molecule is CC1(C)CCCCC1C(=O)N(CCN)CC(F)(F)F. The second kappa shape index (κ2) is 6.11. The molecular formula is C13H23F3N2O. The normalized spacial score (nSPS) is 23.2. The third kappa shape index (κ3) is 4.67. The maximum atomic E-state index is 12.5. The highest BCUT2D eigenvalue weighted by atomic mass is 19.4. The van der Waals surface area contributed by atoms with E-state index in [1.165, 1.54) is 0 Å². The first-order chi connectivity index (χ1) is 8.67. The highest BCUT2D eigenvalue weighted by Crippen LogP contribution is 2.41. The second-order valence-corrected chi connectivity index (χ2v) is 5.95. The average Bonchev–Trinajstić information content (AvgIpc) is 2.25. The van der Waals surface area contributed by atoms with E-state index in [1.807, 2.05) is 13.8 Å². The minimum Gasteiger partial charge on any atom is -0.332 e. The quantitative estimate of drug-likeness (QED) is 0.860. The van der Waals surface area contributed by atoms with E-state index in [4.69, 9.17) is 5.73 Å². The van der Waals surface area contributed by atoms with Gasteiger partial charge in [0.15, 0.2) is 0 Å². The fourth-order valence-electron chi connectivity index (χ4n) is 2.81. The van der Waals surface area contributed by atoms with Gasteiger partial charge in [0, 0.05) is 19.0 Å². The fraction of sp³-hybridized carbons (Fsp3) is 0.923. The van der Waals surface area contributed by atoms with Crippen molar-refractivity contribution in [1.29, 1.82) is 0 Å². The molecule has 1 rings (SSSR count). The number of nitrogens with two attached hydrogens (primary N) is 1. The first-order valence-corrected chi connectivity index (χ1v) is 6.73. The molecule has 1 aliphatic rings. The van der Waals surface area contributed by atoms with Crippen molar-refractivity contribution in [2.24, 2.45) is 17.1 Å². The Kier molecular flexibility index (Phi) is 5.24. The molecule has 0 radical (unpaired) electrons. The zero-order valence-electron chi connectivity index (χ0n) is 11.6. The van der Waals surface area contributed by atoms with Crippen LogP contribution in [0.1, 0.15) is 39.5 Å². The molecule has 1 unspecified atom stereocenters. The Morgan fingerprint density at radius 3 is 2.47 bits per heavy atom. The lowest BCUT2D eigenvalue weighted by molar-refractivity contribution is -0.167. The topological polar surface area (TPSA) is 46.3 Å². The molecule has 19 heavy (non-hydrogen) atoms. The molecule has 3 nitrogen and oxygen atoms in total. The van der Waals surface area contributed by atoms with Crippen molar-refractivity contribution in [3.8, 4) is 0 Å². The van der Waals surface area contributed by atoms with Crippen LogP contribution in [0.5, 0.6) is 0 Å². The molecule has 112 valence electrons. The van der Waals surface area contributed by atoms with Gasteiger partial charge in [-0.15, -0.1) is 0 Å². The smallest absolute Gasteiger partial charge is 0.332 e. The van der Waals surface area contributed by atoms with E-state index in [9.17, 15) is 18.0 Å². The largest absolute Gasteiger partial charge is 0.406 e. The van der Waals surface area contributed by atoms with Crippen LogP contribution in [0.25, 0.3) is 0 Å². The Labute approximate surface area is 112 Å². The number of hydrogen-bond donors (Lipinski definition) is 1. The van der Waals surface area contributed by atoms with Crippen LogP contribution < -0.4 is 5.73 Å². The first-order valence-electron chi connectivity index (χ1n) is 6.73. The van der Waals surface area contributed by atoms with E-state index in [-0.39, 0.29) is 24.4 Å². The first kappa shape index (κ1) is 16.3. The molecule has 0 aliphatic heterocycles. The van der Waals surface area contributed by atoms with E-state index in [2.05, 4.69) is 0 Å². The Balaban J connectivity index is 2.80. The van der Waals surface area contributed by atoms with E-state index < -0.39 is 18.6 Å².